The fourth-order valence-electron chi connectivity index (χ4n) is 4.33. The molecule has 1 aliphatic rings. The normalized spacial score (nSPS) is 14.7. The molecule has 44 heavy (non-hydrogen) atoms. The summed E-state index contributed by atoms with van der Waals surface area (Å²) in [6, 6.07) is 18.6. The maximum atomic E-state index is 12.8. The Morgan fingerprint density at radius 2 is 1.84 bits per heavy atom. The van der Waals surface area contributed by atoms with E-state index in [0.29, 0.717) is 16.7 Å². The Labute approximate surface area is 260 Å². The first-order chi connectivity index (χ1) is 21.0. The van der Waals surface area contributed by atoms with Crippen LogP contribution in [0.1, 0.15) is 36.5 Å². The number of carbonyl (C=O) groups excluding carboxylic acids is 1. The van der Waals surface area contributed by atoms with Gasteiger partial charge in [-0.1, -0.05) is 62.0 Å². The van der Waals surface area contributed by atoms with Gasteiger partial charge in [-0.3, -0.25) is 15.1 Å². The first-order valence-electron chi connectivity index (χ1n) is 13.3. The van der Waals surface area contributed by atoms with Crippen molar-refractivity contribution < 1.29 is 22.7 Å². The third-order valence-electron chi connectivity index (χ3n) is 6.38. The van der Waals surface area contributed by atoms with Crippen LogP contribution in [-0.4, -0.2) is 49.3 Å². The number of alkyl halides is 3. The van der Waals surface area contributed by atoms with Crippen LogP contribution in [0.4, 0.5) is 18.9 Å². The Morgan fingerprint density at radius 1 is 1.11 bits per heavy atom. The summed E-state index contributed by atoms with van der Waals surface area (Å²) in [5.41, 5.74) is 7.67. The van der Waals surface area contributed by atoms with Gasteiger partial charge in [-0.25, -0.2) is 9.67 Å². The average molecular weight is 638 g/mol. The lowest BCUT2D eigenvalue weighted by molar-refractivity contribution is -0.274. The molecule has 0 aliphatic carbocycles. The van der Waals surface area contributed by atoms with Gasteiger partial charge >= 0.3 is 6.36 Å². The predicted octanol–water partition coefficient (Wildman–Crippen LogP) is 6.61. The molecule has 1 aliphatic heterocycles. The van der Waals surface area contributed by atoms with E-state index >= 15 is 0 Å². The molecule has 14 heteroatoms. The Morgan fingerprint density at radius 3 is 2.52 bits per heavy atom. The molecule has 1 saturated heterocycles. The van der Waals surface area contributed by atoms with Crippen LogP contribution in [0.5, 0.6) is 5.75 Å². The molecule has 1 fully saturated rings. The topological polar surface area (TPSA) is 97.0 Å². The van der Waals surface area contributed by atoms with Crippen molar-refractivity contribution in [2.75, 3.05) is 10.7 Å². The molecule has 3 aromatic carbocycles. The van der Waals surface area contributed by atoms with E-state index in [1.54, 1.807) is 11.1 Å². The highest BCUT2D eigenvalue weighted by atomic mass is 32.2. The number of hydrazone groups is 1. The maximum absolute atomic E-state index is 12.8. The van der Waals surface area contributed by atoms with E-state index in [4.69, 9.17) is 12.2 Å². The number of thioether (sulfide) groups is 1. The number of amidine groups is 1. The van der Waals surface area contributed by atoms with E-state index in [0.717, 1.165) is 27.9 Å². The van der Waals surface area contributed by atoms with Crippen LogP contribution in [0.2, 0.25) is 0 Å². The molecule has 4 aromatic rings. The molecule has 1 amide bonds. The fraction of sp³-hybridized carbons (Fsp3) is 0.200. The van der Waals surface area contributed by atoms with Gasteiger partial charge in [0.25, 0.3) is 0 Å². The molecule has 226 valence electrons. The Balaban J connectivity index is 1.21. The minimum absolute atomic E-state index is 0.0552. The SMILES string of the molecule is Cc1ccc(C(C)C)c(N2C(=O)CS/C2=N\C(=S)N/N=C/c2ccc(-c3ncn(-c4ccc(OC(F)(F)F)cc4)n3)cc2)c1. The van der Waals surface area contributed by atoms with Crippen molar-refractivity contribution in [3.63, 3.8) is 0 Å². The summed E-state index contributed by atoms with van der Waals surface area (Å²) in [4.78, 5) is 23.2. The molecule has 5 rings (SSSR count). The number of hydrogen-bond donors (Lipinski definition) is 1. The molecule has 9 nitrogen and oxygen atoms in total. The van der Waals surface area contributed by atoms with Crippen LogP contribution < -0.4 is 15.1 Å². The van der Waals surface area contributed by atoms with Gasteiger partial charge in [-0.2, -0.15) is 10.1 Å². The molecule has 0 radical (unpaired) electrons. The van der Waals surface area contributed by atoms with Gasteiger partial charge in [-0.05, 0) is 72.1 Å². The van der Waals surface area contributed by atoms with E-state index in [2.05, 4.69) is 44.2 Å². The van der Waals surface area contributed by atoms with E-state index in [1.807, 2.05) is 49.4 Å². The molecule has 0 atom stereocenters. The number of aromatic nitrogens is 3. The smallest absolute Gasteiger partial charge is 0.406 e. The second-order valence-corrected chi connectivity index (χ2v) is 11.3. The van der Waals surface area contributed by atoms with Crippen LogP contribution in [0, 0.1) is 6.92 Å². The third-order valence-corrected chi connectivity index (χ3v) is 7.49. The Bertz CT molecular complexity index is 1730. The minimum Gasteiger partial charge on any atom is -0.406 e. The van der Waals surface area contributed by atoms with Gasteiger partial charge in [0.1, 0.15) is 12.1 Å². The van der Waals surface area contributed by atoms with E-state index in [9.17, 15) is 18.0 Å². The largest absolute Gasteiger partial charge is 0.573 e. The van der Waals surface area contributed by atoms with Crippen LogP contribution in [0.15, 0.2) is 83.2 Å². The standard InChI is InChI=1S/C30H26F3N7O2S2/c1-18(2)24-13-4-19(3)14-25(24)40-26(41)16-44-29(40)36-28(43)37-35-15-20-5-7-21(8-6-20)27-34-17-39(38-27)22-9-11-23(12-10-22)42-30(31,32)33/h4-15,17-18H,16H2,1-3H3,(H,37,43)/b35-15+,36-29-. The zero-order valence-corrected chi connectivity index (χ0v) is 25.4. The van der Waals surface area contributed by atoms with Crippen LogP contribution in [0.25, 0.3) is 17.1 Å². The summed E-state index contributed by atoms with van der Waals surface area (Å²) in [5.74, 6) is 0.555. The summed E-state index contributed by atoms with van der Waals surface area (Å²) < 4.78 is 42.5. The van der Waals surface area contributed by atoms with Crippen molar-refractivity contribution in [1.29, 1.82) is 0 Å². The minimum atomic E-state index is -4.76. The molecule has 1 N–H and O–H groups in total. The number of aryl methyl sites for hydroxylation is 1. The maximum Gasteiger partial charge on any atom is 0.573 e. The first kappa shape index (κ1) is 30.9. The Kier molecular flexibility index (Phi) is 9.11. The van der Waals surface area contributed by atoms with Gasteiger partial charge in [0, 0.05) is 5.56 Å². The van der Waals surface area contributed by atoms with Crippen LogP contribution in [-0.2, 0) is 4.79 Å². The molecule has 2 heterocycles. The number of nitrogens with one attached hydrogen (secondary N) is 1. The quantitative estimate of drug-likeness (QED) is 0.138. The number of rotatable bonds is 7. The van der Waals surface area contributed by atoms with Gasteiger partial charge in [0.05, 0.1) is 23.3 Å². The molecule has 0 unspecified atom stereocenters. The van der Waals surface area contributed by atoms with Crippen molar-refractivity contribution in [2.45, 2.75) is 33.1 Å². The zero-order chi connectivity index (χ0) is 31.4. The van der Waals surface area contributed by atoms with Gasteiger partial charge in [0.15, 0.2) is 11.0 Å². The van der Waals surface area contributed by atoms with Crippen LogP contribution >= 0.6 is 24.0 Å². The van der Waals surface area contributed by atoms with Gasteiger partial charge < -0.3 is 4.74 Å². The highest BCUT2D eigenvalue weighted by Crippen LogP contribution is 2.34. The number of halogens is 3. The number of nitrogens with zero attached hydrogens (tertiary/aromatic N) is 6. The number of carbonyl (C=O) groups is 1. The molecular weight excluding hydrogens is 612 g/mol. The zero-order valence-electron chi connectivity index (χ0n) is 23.7. The lowest BCUT2D eigenvalue weighted by atomic mass is 9.99. The first-order valence-corrected chi connectivity index (χ1v) is 14.7. The monoisotopic (exact) mass is 637 g/mol. The summed E-state index contributed by atoms with van der Waals surface area (Å²) in [6.45, 7) is 6.15. The third kappa shape index (κ3) is 7.50. The number of aliphatic imine (C=N–C) groups is 1. The Hall–Kier alpha value is -4.56. The number of amides is 1. The lowest BCUT2D eigenvalue weighted by Crippen LogP contribution is -2.31. The summed E-state index contributed by atoms with van der Waals surface area (Å²) in [6.07, 6.45) is -1.71. The second-order valence-electron chi connectivity index (χ2n) is 9.98. The van der Waals surface area contributed by atoms with E-state index in [-0.39, 0.29) is 28.4 Å². The number of anilines is 1. The van der Waals surface area contributed by atoms with Gasteiger partial charge in [-0.15, -0.1) is 18.3 Å². The molecule has 0 spiro atoms. The van der Waals surface area contributed by atoms with Crippen molar-refractivity contribution in [3.8, 4) is 22.8 Å². The van der Waals surface area contributed by atoms with Crippen molar-refractivity contribution in [3.05, 3.63) is 89.7 Å². The van der Waals surface area contributed by atoms with Crippen molar-refractivity contribution in [1.82, 2.24) is 20.2 Å². The van der Waals surface area contributed by atoms with Gasteiger partial charge in [0.2, 0.25) is 11.0 Å². The molecule has 0 saturated carbocycles. The summed E-state index contributed by atoms with van der Waals surface area (Å²) in [5, 5.41) is 9.20. The highest BCUT2D eigenvalue weighted by Gasteiger charge is 2.32. The lowest BCUT2D eigenvalue weighted by Gasteiger charge is -2.22. The van der Waals surface area contributed by atoms with Crippen molar-refractivity contribution in [2.24, 2.45) is 10.1 Å². The fourth-order valence-corrected chi connectivity index (χ4v) is 5.39. The summed E-state index contributed by atoms with van der Waals surface area (Å²) in [7, 11) is 0. The average Bonchev–Trinajstić information content (AvgIpc) is 3.60. The number of benzene rings is 3. The van der Waals surface area contributed by atoms with E-state index in [1.165, 1.54) is 47.0 Å². The second kappa shape index (κ2) is 13.0. The number of hydrogen-bond acceptors (Lipinski definition) is 7. The molecular formula is C30H26F3N7O2S2. The van der Waals surface area contributed by atoms with E-state index < -0.39 is 6.36 Å². The highest BCUT2D eigenvalue weighted by molar-refractivity contribution is 8.15. The molecule has 1 aromatic heterocycles. The number of thiocarbonyl (C=S) groups is 1. The van der Waals surface area contributed by atoms with Crippen molar-refractivity contribution >= 4 is 52.1 Å². The van der Waals surface area contributed by atoms with Crippen LogP contribution in [0.3, 0.4) is 0 Å². The number of ether oxygens (including phenoxy) is 1. The molecule has 0 bridgehead atoms. The predicted molar refractivity (Wildman–Crippen MR) is 169 cm³/mol. The summed E-state index contributed by atoms with van der Waals surface area (Å²) >= 11 is 6.70.